The Labute approximate surface area is 197 Å². The van der Waals surface area contributed by atoms with Crippen molar-refractivity contribution in [1.82, 2.24) is 10.2 Å². The van der Waals surface area contributed by atoms with Crippen LogP contribution in [0.4, 0.5) is 13.2 Å². The fourth-order valence-electron chi connectivity index (χ4n) is 5.28. The molecular weight excluding hydrogens is 451 g/mol. The second-order valence-corrected chi connectivity index (χ2v) is 9.56. The number of aliphatic imine (C=N–C) groups is 1. The topological polar surface area (TPSA) is 80.2 Å². The number of allylic oxidation sites excluding steroid dienone is 2. The number of likely N-dealkylation sites (tertiary alicyclic amines) is 1. The van der Waals surface area contributed by atoms with E-state index < -0.39 is 23.3 Å². The van der Waals surface area contributed by atoms with Gasteiger partial charge in [-0.3, -0.25) is 9.79 Å². The largest absolute Gasteiger partial charge is 0.450 e. The number of hydrogen-bond acceptors (Lipinski definition) is 6. The van der Waals surface area contributed by atoms with Crippen LogP contribution >= 0.6 is 0 Å². The zero-order valence-corrected chi connectivity index (χ0v) is 19.5. The highest BCUT2D eigenvalue weighted by Crippen LogP contribution is 2.41. The summed E-state index contributed by atoms with van der Waals surface area (Å²) in [6.07, 6.45) is -0.137. The summed E-state index contributed by atoms with van der Waals surface area (Å²) in [5, 5.41) is 2.79. The molecule has 0 aromatic carbocycles. The van der Waals surface area contributed by atoms with Crippen molar-refractivity contribution in [1.29, 1.82) is 0 Å². The minimum atomic E-state index is -4.33. The van der Waals surface area contributed by atoms with Crippen LogP contribution in [0.5, 0.6) is 0 Å². The van der Waals surface area contributed by atoms with Crippen molar-refractivity contribution in [3.8, 4) is 0 Å². The molecule has 0 saturated carbocycles. The van der Waals surface area contributed by atoms with Crippen LogP contribution in [0.15, 0.2) is 27.8 Å². The van der Waals surface area contributed by atoms with E-state index in [4.69, 9.17) is 9.47 Å². The predicted molar refractivity (Wildman–Crippen MR) is 119 cm³/mol. The lowest BCUT2D eigenvalue weighted by molar-refractivity contribution is -0.151. The molecule has 7 nitrogen and oxygen atoms in total. The average Bonchev–Trinajstić information content (AvgIpc) is 3.39. The molecule has 2 saturated heterocycles. The minimum Gasteiger partial charge on any atom is -0.450 e. The number of rotatable bonds is 6. The number of ether oxygens (including phenoxy) is 2. The van der Waals surface area contributed by atoms with E-state index >= 15 is 0 Å². The third-order valence-corrected chi connectivity index (χ3v) is 7.15. The van der Waals surface area contributed by atoms with Crippen LogP contribution in [0, 0.1) is 5.92 Å². The van der Waals surface area contributed by atoms with E-state index in [0.717, 1.165) is 45.3 Å². The number of hydrogen-bond donors (Lipinski definition) is 1. The van der Waals surface area contributed by atoms with Crippen LogP contribution in [0.25, 0.3) is 0 Å². The minimum absolute atomic E-state index is 0.00859. The quantitative estimate of drug-likeness (QED) is 0.464. The molecular formula is C24H32F3N3O4. The SMILES string of the molecule is CC1=C(C(=O)NCCN=C2C=C(C(F)(F)F)CCC2)C2(CCN(CC3CCOC3)CC2)OC1=O. The van der Waals surface area contributed by atoms with Crippen LogP contribution in [0.1, 0.15) is 45.4 Å². The van der Waals surface area contributed by atoms with Crippen molar-refractivity contribution in [2.75, 3.05) is 45.9 Å². The number of carbonyl (C=O) groups is 2. The van der Waals surface area contributed by atoms with Crippen LogP contribution in [0.2, 0.25) is 0 Å². The third kappa shape index (κ3) is 5.54. The highest BCUT2D eigenvalue weighted by atomic mass is 19.4. The molecule has 0 aromatic rings. The molecule has 1 N–H and O–H groups in total. The van der Waals surface area contributed by atoms with Gasteiger partial charge in [-0.25, -0.2) is 4.79 Å². The fourth-order valence-corrected chi connectivity index (χ4v) is 5.28. The first-order valence-electron chi connectivity index (χ1n) is 12.0. The van der Waals surface area contributed by atoms with E-state index in [0.29, 0.717) is 48.5 Å². The number of carbonyl (C=O) groups excluding carboxylic acids is 2. The van der Waals surface area contributed by atoms with Gasteiger partial charge in [0, 0.05) is 62.5 Å². The number of nitrogens with zero attached hydrogens (tertiary/aromatic N) is 2. The molecule has 2 fully saturated rings. The first-order valence-corrected chi connectivity index (χ1v) is 12.0. The highest BCUT2D eigenvalue weighted by molar-refractivity contribution is 6.07. The first kappa shape index (κ1) is 24.9. The Hall–Kier alpha value is -2.20. The van der Waals surface area contributed by atoms with Crippen molar-refractivity contribution in [2.24, 2.45) is 10.9 Å². The smallest absolute Gasteiger partial charge is 0.412 e. The zero-order valence-electron chi connectivity index (χ0n) is 19.5. The summed E-state index contributed by atoms with van der Waals surface area (Å²) < 4.78 is 49.9. The fraction of sp³-hybridized carbons (Fsp3) is 0.708. The van der Waals surface area contributed by atoms with E-state index in [2.05, 4.69) is 15.2 Å². The number of nitrogens with one attached hydrogen (secondary N) is 1. The van der Waals surface area contributed by atoms with E-state index in [-0.39, 0.29) is 25.4 Å². The van der Waals surface area contributed by atoms with Crippen LogP contribution in [0.3, 0.4) is 0 Å². The molecule has 188 valence electrons. The summed E-state index contributed by atoms with van der Waals surface area (Å²) in [7, 11) is 0. The van der Waals surface area contributed by atoms with Crippen molar-refractivity contribution in [2.45, 2.75) is 57.2 Å². The van der Waals surface area contributed by atoms with E-state index in [1.807, 2.05) is 0 Å². The number of esters is 1. The van der Waals surface area contributed by atoms with Gasteiger partial charge in [-0.15, -0.1) is 0 Å². The maximum Gasteiger partial charge on any atom is 0.412 e. The highest BCUT2D eigenvalue weighted by Gasteiger charge is 2.50. The summed E-state index contributed by atoms with van der Waals surface area (Å²) in [6, 6.07) is 0. The van der Waals surface area contributed by atoms with Crippen LogP contribution < -0.4 is 5.32 Å². The van der Waals surface area contributed by atoms with E-state index in [9.17, 15) is 22.8 Å². The average molecular weight is 484 g/mol. The summed E-state index contributed by atoms with van der Waals surface area (Å²) >= 11 is 0. The lowest BCUT2D eigenvalue weighted by Crippen LogP contribution is -2.49. The monoisotopic (exact) mass is 483 g/mol. The van der Waals surface area contributed by atoms with Gasteiger partial charge in [-0.1, -0.05) is 0 Å². The van der Waals surface area contributed by atoms with Gasteiger partial charge in [-0.05, 0) is 44.6 Å². The van der Waals surface area contributed by atoms with E-state index in [1.165, 1.54) is 0 Å². The Morgan fingerprint density at radius 1 is 1.29 bits per heavy atom. The molecule has 1 atom stereocenters. The molecule has 4 rings (SSSR count). The maximum absolute atomic E-state index is 13.0. The number of piperidine rings is 1. The molecule has 3 heterocycles. The first-order chi connectivity index (χ1) is 16.2. The number of halogens is 3. The lowest BCUT2D eigenvalue weighted by atomic mass is 9.82. The van der Waals surface area contributed by atoms with Gasteiger partial charge in [0.1, 0.15) is 5.60 Å². The third-order valence-electron chi connectivity index (χ3n) is 7.15. The van der Waals surface area contributed by atoms with Gasteiger partial charge in [0.15, 0.2) is 0 Å². The summed E-state index contributed by atoms with van der Waals surface area (Å²) in [4.78, 5) is 32.0. The lowest BCUT2D eigenvalue weighted by Gasteiger charge is -2.40. The molecule has 34 heavy (non-hydrogen) atoms. The Morgan fingerprint density at radius 3 is 2.74 bits per heavy atom. The molecule has 0 bridgehead atoms. The summed E-state index contributed by atoms with van der Waals surface area (Å²) in [5.41, 5.74) is -0.359. The van der Waals surface area contributed by atoms with Crippen molar-refractivity contribution in [3.05, 3.63) is 22.8 Å². The second-order valence-electron chi connectivity index (χ2n) is 9.56. The molecule has 0 aromatic heterocycles. The van der Waals surface area contributed by atoms with E-state index in [1.54, 1.807) is 6.92 Å². The molecule has 1 spiro atoms. The van der Waals surface area contributed by atoms with Crippen LogP contribution in [-0.4, -0.2) is 80.2 Å². The van der Waals surface area contributed by atoms with Crippen molar-refractivity contribution in [3.63, 3.8) is 0 Å². The molecule has 1 unspecified atom stereocenters. The molecule has 1 aliphatic carbocycles. The molecule has 0 radical (unpaired) electrons. The Balaban J connectivity index is 1.33. The molecule has 1 amide bonds. The van der Waals surface area contributed by atoms with Gasteiger partial charge >= 0.3 is 12.1 Å². The van der Waals surface area contributed by atoms with Gasteiger partial charge in [-0.2, -0.15) is 13.2 Å². The predicted octanol–water partition coefficient (Wildman–Crippen LogP) is 2.96. The Morgan fingerprint density at radius 2 is 2.06 bits per heavy atom. The van der Waals surface area contributed by atoms with Gasteiger partial charge in [0.2, 0.25) is 0 Å². The summed E-state index contributed by atoms with van der Waals surface area (Å²) in [5.74, 6) is -0.306. The molecule has 3 aliphatic heterocycles. The van der Waals surface area contributed by atoms with Crippen LogP contribution in [-0.2, 0) is 19.1 Å². The van der Waals surface area contributed by atoms with Gasteiger partial charge < -0.3 is 19.7 Å². The number of alkyl halides is 3. The zero-order chi connectivity index (χ0) is 24.3. The number of amides is 1. The van der Waals surface area contributed by atoms with Crippen molar-refractivity contribution >= 4 is 17.6 Å². The van der Waals surface area contributed by atoms with Gasteiger partial charge in [0.25, 0.3) is 5.91 Å². The Kier molecular flexibility index (Phi) is 7.47. The Bertz CT molecular complexity index is 896. The maximum atomic E-state index is 13.0. The van der Waals surface area contributed by atoms with Crippen molar-refractivity contribution < 1.29 is 32.2 Å². The standard InChI is InChI=1S/C24H32F3N3O4/c1-16-20(21(31)29-9-8-28-19-4-2-3-18(13-19)24(25,26)27)23(34-22(16)32)6-10-30(11-7-23)14-17-5-12-33-15-17/h13,17H,2-12,14-15H2,1H3,(H,29,31). The van der Waals surface area contributed by atoms with Gasteiger partial charge in [0.05, 0.1) is 18.7 Å². The normalized spacial score (nSPS) is 26.8. The molecule has 10 heteroatoms. The second kappa shape index (κ2) is 10.2. The summed E-state index contributed by atoms with van der Waals surface area (Å²) in [6.45, 7) is 5.95. The molecule has 4 aliphatic rings.